The van der Waals surface area contributed by atoms with Gasteiger partial charge in [0.2, 0.25) is 0 Å². The van der Waals surface area contributed by atoms with Crippen LogP contribution in [0.15, 0.2) is 6.20 Å². The molecular weight excluding hydrogens is 90.1 g/mol. The second-order valence-corrected chi connectivity index (χ2v) is 1.32. The molecule has 0 saturated carbocycles. The van der Waals surface area contributed by atoms with Gasteiger partial charge in [-0.3, -0.25) is 0 Å². The van der Waals surface area contributed by atoms with Crippen molar-refractivity contribution >= 4 is 5.94 Å². The van der Waals surface area contributed by atoms with Crippen molar-refractivity contribution < 1.29 is 4.79 Å². The molecule has 0 aromatic heterocycles. The van der Waals surface area contributed by atoms with Crippen LogP contribution in [0.3, 0.4) is 0 Å². The molecule has 0 fully saturated rings. The summed E-state index contributed by atoms with van der Waals surface area (Å²) in [5.74, 6) is 1.67. The Bertz CT molecular complexity index is 84.1. The van der Waals surface area contributed by atoms with Gasteiger partial charge in [-0.25, -0.2) is 4.79 Å². The smallest absolute Gasteiger partial charge is 0.142 e. The number of hydrogen-bond donors (Lipinski definition) is 0. The lowest BCUT2D eigenvalue weighted by Gasteiger charge is -2.04. The molecule has 0 aliphatic heterocycles. The Morgan fingerprint density at radius 3 is 2.57 bits per heavy atom. The van der Waals surface area contributed by atoms with Crippen LogP contribution in [0.5, 0.6) is 0 Å². The van der Waals surface area contributed by atoms with Gasteiger partial charge in [0.15, 0.2) is 0 Å². The number of nitrogens with zero attached hydrogens (tertiary/aromatic N) is 1. The molecule has 2 heteroatoms. The van der Waals surface area contributed by atoms with Gasteiger partial charge in [-0.2, -0.15) is 0 Å². The summed E-state index contributed by atoms with van der Waals surface area (Å²) in [6.07, 6.45) is 1.38. The first kappa shape index (κ1) is 6.25. The van der Waals surface area contributed by atoms with Crippen molar-refractivity contribution in [3.05, 3.63) is 6.20 Å². The number of carbonyl (C=O) groups excluding carboxylic acids is 1. The van der Waals surface area contributed by atoms with Gasteiger partial charge >= 0.3 is 0 Å². The van der Waals surface area contributed by atoms with Crippen molar-refractivity contribution in [2.45, 2.75) is 6.92 Å². The molecule has 0 aliphatic carbocycles. The topological polar surface area (TPSA) is 20.3 Å². The third-order valence-electron chi connectivity index (χ3n) is 0.772. The summed E-state index contributed by atoms with van der Waals surface area (Å²) in [4.78, 5) is 11.3. The quantitative estimate of drug-likeness (QED) is 0.463. The van der Waals surface area contributed by atoms with Crippen LogP contribution < -0.4 is 0 Å². The summed E-state index contributed by atoms with van der Waals surface area (Å²) >= 11 is 0. The second-order valence-electron chi connectivity index (χ2n) is 1.32. The fourth-order valence-electron chi connectivity index (χ4n) is 0.181. The highest BCUT2D eigenvalue weighted by Gasteiger charge is 1.78. The number of rotatable bonds is 2. The van der Waals surface area contributed by atoms with E-state index >= 15 is 0 Å². The predicted octanol–water partition coefficient (Wildman–Crippen LogP) is 0.283. The molecule has 7 heavy (non-hydrogen) atoms. The van der Waals surface area contributed by atoms with Gasteiger partial charge in [0.1, 0.15) is 5.94 Å². The van der Waals surface area contributed by atoms with Crippen molar-refractivity contribution in [3.63, 3.8) is 0 Å². The summed E-state index contributed by atoms with van der Waals surface area (Å²) in [6, 6.07) is 0. The summed E-state index contributed by atoms with van der Waals surface area (Å²) in [7, 11) is 1.82. The van der Waals surface area contributed by atoms with Gasteiger partial charge < -0.3 is 4.90 Å². The first-order valence-corrected chi connectivity index (χ1v) is 2.22. The number of hydrogen-bond acceptors (Lipinski definition) is 2. The van der Waals surface area contributed by atoms with E-state index < -0.39 is 0 Å². The average molecular weight is 99.1 g/mol. The van der Waals surface area contributed by atoms with Crippen molar-refractivity contribution in [1.29, 1.82) is 0 Å². The van der Waals surface area contributed by atoms with Crippen LogP contribution in [-0.4, -0.2) is 24.4 Å². The van der Waals surface area contributed by atoms with Crippen LogP contribution in [0.25, 0.3) is 0 Å². The molecule has 40 valence electrons. The molecule has 0 rings (SSSR count). The van der Waals surface area contributed by atoms with E-state index in [4.69, 9.17) is 0 Å². The van der Waals surface area contributed by atoms with Gasteiger partial charge in [0.25, 0.3) is 0 Å². The molecule has 0 heterocycles. The lowest BCUT2D eigenvalue weighted by atomic mass is 10.6. The zero-order valence-electron chi connectivity index (χ0n) is 4.64. The molecule has 0 saturated heterocycles. The van der Waals surface area contributed by atoms with Crippen LogP contribution in [0.1, 0.15) is 6.92 Å². The summed E-state index contributed by atoms with van der Waals surface area (Å²) in [6.45, 7) is 2.82. The normalized spacial score (nSPS) is 7.14. The lowest BCUT2D eigenvalue weighted by Crippen LogP contribution is -2.08. The Morgan fingerprint density at radius 2 is 2.43 bits per heavy atom. The highest BCUT2D eigenvalue weighted by molar-refractivity contribution is 5.43. The largest absolute Gasteiger partial charge is 0.372 e. The Morgan fingerprint density at radius 1 is 1.86 bits per heavy atom. The second kappa shape index (κ2) is 3.44. The van der Waals surface area contributed by atoms with E-state index in [0.717, 1.165) is 6.54 Å². The summed E-state index contributed by atoms with van der Waals surface area (Å²) in [5, 5.41) is 0. The molecule has 0 N–H and O–H groups in total. The van der Waals surface area contributed by atoms with Crippen molar-refractivity contribution in [1.82, 2.24) is 4.90 Å². The van der Waals surface area contributed by atoms with Crippen LogP contribution in [0.2, 0.25) is 0 Å². The molecule has 0 aromatic rings. The maximum absolute atomic E-state index is 9.55. The minimum atomic E-state index is 0.856. The van der Waals surface area contributed by atoms with E-state index in [9.17, 15) is 4.79 Å². The van der Waals surface area contributed by atoms with E-state index in [1.54, 1.807) is 10.8 Å². The van der Waals surface area contributed by atoms with Crippen LogP contribution in [0.4, 0.5) is 0 Å². The molecule has 0 aliphatic rings. The van der Waals surface area contributed by atoms with Gasteiger partial charge in [-0.1, -0.05) is 0 Å². The van der Waals surface area contributed by atoms with E-state index in [-0.39, 0.29) is 0 Å². The standard InChI is InChI=1S/C5H9NO/c1-3-6(2)4-5-7/h4H,3H2,1-2H3. The fraction of sp³-hybridized carbons (Fsp3) is 0.600. The van der Waals surface area contributed by atoms with Crippen molar-refractivity contribution in [3.8, 4) is 0 Å². The molecule has 0 aromatic carbocycles. The Balaban J connectivity index is 3.35. The van der Waals surface area contributed by atoms with Gasteiger partial charge in [0, 0.05) is 13.6 Å². The Labute approximate surface area is 43.4 Å². The first-order chi connectivity index (χ1) is 3.31. The van der Waals surface area contributed by atoms with E-state index in [1.165, 1.54) is 6.20 Å². The van der Waals surface area contributed by atoms with E-state index in [1.807, 2.05) is 14.0 Å². The average Bonchev–Trinajstić information content (AvgIpc) is 1.68. The van der Waals surface area contributed by atoms with Crippen LogP contribution in [-0.2, 0) is 4.79 Å². The molecule has 0 bridgehead atoms. The molecule has 0 amide bonds. The Hall–Kier alpha value is -0.750. The molecule has 0 unspecified atom stereocenters. The van der Waals surface area contributed by atoms with E-state index in [2.05, 4.69) is 0 Å². The maximum Gasteiger partial charge on any atom is 0.142 e. The summed E-state index contributed by atoms with van der Waals surface area (Å²) < 4.78 is 0. The minimum Gasteiger partial charge on any atom is -0.372 e. The highest BCUT2D eigenvalue weighted by atomic mass is 16.1. The third-order valence-corrected chi connectivity index (χ3v) is 0.772. The fourth-order valence-corrected chi connectivity index (χ4v) is 0.181. The Kier molecular flexibility index (Phi) is 3.07. The SMILES string of the molecule is CCN(C)C=C=O. The predicted molar refractivity (Wildman–Crippen MR) is 28.6 cm³/mol. The minimum absolute atomic E-state index is 0.856. The molecule has 0 atom stereocenters. The zero-order chi connectivity index (χ0) is 5.70. The third kappa shape index (κ3) is 3.07. The van der Waals surface area contributed by atoms with Crippen LogP contribution >= 0.6 is 0 Å². The molecule has 0 spiro atoms. The molecule has 2 nitrogen and oxygen atoms in total. The zero-order valence-corrected chi connectivity index (χ0v) is 4.64. The monoisotopic (exact) mass is 99.1 g/mol. The van der Waals surface area contributed by atoms with Gasteiger partial charge in [-0.05, 0) is 6.92 Å². The summed E-state index contributed by atoms with van der Waals surface area (Å²) in [5.41, 5.74) is 0. The highest BCUT2D eigenvalue weighted by Crippen LogP contribution is 1.74. The van der Waals surface area contributed by atoms with Crippen LogP contribution in [0, 0.1) is 0 Å². The van der Waals surface area contributed by atoms with Crippen molar-refractivity contribution in [2.75, 3.05) is 13.6 Å². The molecular formula is C5H9NO. The van der Waals surface area contributed by atoms with Gasteiger partial charge in [-0.15, -0.1) is 0 Å². The van der Waals surface area contributed by atoms with E-state index in [0.29, 0.717) is 0 Å². The van der Waals surface area contributed by atoms with Crippen molar-refractivity contribution in [2.24, 2.45) is 0 Å². The maximum atomic E-state index is 9.55. The lowest BCUT2D eigenvalue weighted by molar-refractivity contribution is 0.480. The van der Waals surface area contributed by atoms with Gasteiger partial charge in [0.05, 0.1) is 6.20 Å². The molecule has 0 radical (unpaired) electrons. The first-order valence-electron chi connectivity index (χ1n) is 2.22.